The van der Waals surface area contributed by atoms with Gasteiger partial charge in [0, 0.05) is 5.30 Å². The number of phenolic OH excluding ortho intramolecular Hbond substituents is 1. The molecule has 0 aromatic heterocycles. The van der Waals surface area contributed by atoms with E-state index >= 15 is 0 Å². The second kappa shape index (κ2) is 8.71. The van der Waals surface area contributed by atoms with Crippen LogP contribution >= 0.6 is 8.03 Å². The predicted octanol–water partition coefficient (Wildman–Crippen LogP) is 4.26. The Morgan fingerprint density at radius 1 is 0.682 bits per heavy atom. The standard InChI is InChI=1S/C12H11O2P.C6H6O/c13-15(12-9-5-2-6-10-12)14-11-7-3-1-4-8-11;7-6-4-2-1-3-5-6/h1-10,15H;1-5,7H. The van der Waals surface area contributed by atoms with E-state index in [1.807, 2.05) is 54.6 Å². The molecule has 0 aliphatic rings. The largest absolute Gasteiger partial charge is 0.508 e. The molecule has 3 aromatic carbocycles. The summed E-state index contributed by atoms with van der Waals surface area (Å²) in [6.45, 7) is 0. The highest BCUT2D eigenvalue weighted by Gasteiger charge is 2.03. The molecule has 0 aliphatic heterocycles. The zero-order chi connectivity index (χ0) is 15.6. The van der Waals surface area contributed by atoms with E-state index in [0.717, 1.165) is 5.30 Å². The molecule has 3 rings (SSSR count). The van der Waals surface area contributed by atoms with Crippen molar-refractivity contribution in [1.82, 2.24) is 0 Å². The van der Waals surface area contributed by atoms with Crippen molar-refractivity contribution in [3.8, 4) is 11.5 Å². The Morgan fingerprint density at radius 3 is 1.59 bits per heavy atom. The maximum absolute atomic E-state index is 11.8. The van der Waals surface area contributed by atoms with Gasteiger partial charge in [-0.3, -0.25) is 4.57 Å². The third kappa shape index (κ3) is 5.47. The van der Waals surface area contributed by atoms with Gasteiger partial charge in [-0.25, -0.2) is 0 Å². The van der Waals surface area contributed by atoms with Crippen LogP contribution in [0.2, 0.25) is 0 Å². The first kappa shape index (κ1) is 15.9. The van der Waals surface area contributed by atoms with E-state index in [4.69, 9.17) is 9.63 Å². The fourth-order valence-electron chi connectivity index (χ4n) is 1.66. The molecular formula is C18H17O3P. The van der Waals surface area contributed by atoms with Gasteiger partial charge in [-0.2, -0.15) is 0 Å². The average molecular weight is 312 g/mol. The monoisotopic (exact) mass is 312 g/mol. The van der Waals surface area contributed by atoms with Gasteiger partial charge in [0.15, 0.2) is 0 Å². The molecular weight excluding hydrogens is 295 g/mol. The lowest BCUT2D eigenvalue weighted by Gasteiger charge is -2.05. The Hall–Kier alpha value is -2.51. The highest BCUT2D eigenvalue weighted by atomic mass is 31.1. The van der Waals surface area contributed by atoms with E-state index in [1.165, 1.54) is 0 Å². The SMILES string of the molecule is O=[PH](Oc1ccccc1)c1ccccc1.Oc1ccccc1. The molecule has 4 heteroatoms. The number of hydrogen-bond donors (Lipinski definition) is 1. The molecule has 22 heavy (non-hydrogen) atoms. The van der Waals surface area contributed by atoms with Crippen molar-refractivity contribution in [2.75, 3.05) is 0 Å². The minimum atomic E-state index is -2.17. The lowest BCUT2D eigenvalue weighted by atomic mass is 10.3. The molecule has 0 saturated carbocycles. The summed E-state index contributed by atoms with van der Waals surface area (Å²) in [6.07, 6.45) is 0. The lowest BCUT2D eigenvalue weighted by Crippen LogP contribution is -1.98. The minimum Gasteiger partial charge on any atom is -0.508 e. The summed E-state index contributed by atoms with van der Waals surface area (Å²) >= 11 is 0. The van der Waals surface area contributed by atoms with Crippen molar-refractivity contribution in [2.24, 2.45) is 0 Å². The number of rotatable bonds is 3. The molecule has 112 valence electrons. The Kier molecular flexibility index (Phi) is 6.28. The second-order valence-electron chi connectivity index (χ2n) is 4.40. The number of para-hydroxylation sites is 2. The fraction of sp³-hybridized carbons (Fsp3) is 0. The van der Waals surface area contributed by atoms with Crippen LogP contribution < -0.4 is 9.83 Å². The molecule has 1 atom stereocenters. The first-order valence-electron chi connectivity index (χ1n) is 6.82. The molecule has 0 spiro atoms. The van der Waals surface area contributed by atoms with Crippen LogP contribution in [-0.4, -0.2) is 5.11 Å². The van der Waals surface area contributed by atoms with Crippen LogP contribution in [0.1, 0.15) is 0 Å². The van der Waals surface area contributed by atoms with E-state index in [0.29, 0.717) is 11.5 Å². The molecule has 0 radical (unpaired) electrons. The van der Waals surface area contributed by atoms with Crippen LogP contribution in [0.5, 0.6) is 11.5 Å². The Labute approximate surface area is 130 Å². The van der Waals surface area contributed by atoms with Gasteiger partial charge in [-0.15, -0.1) is 0 Å². The molecule has 0 fully saturated rings. The molecule has 0 saturated heterocycles. The molecule has 0 heterocycles. The van der Waals surface area contributed by atoms with Crippen LogP contribution in [0.25, 0.3) is 0 Å². The van der Waals surface area contributed by atoms with Crippen LogP contribution in [0.4, 0.5) is 0 Å². The number of phenols is 1. The summed E-state index contributed by atoms with van der Waals surface area (Å²) in [6, 6.07) is 27.1. The highest BCUT2D eigenvalue weighted by Crippen LogP contribution is 2.25. The minimum absolute atomic E-state index is 0.322. The maximum atomic E-state index is 11.8. The number of benzene rings is 3. The summed E-state index contributed by atoms with van der Waals surface area (Å²) in [7, 11) is -2.17. The summed E-state index contributed by atoms with van der Waals surface area (Å²) in [4.78, 5) is 0. The van der Waals surface area contributed by atoms with Crippen LogP contribution in [0.3, 0.4) is 0 Å². The van der Waals surface area contributed by atoms with Gasteiger partial charge in [0.2, 0.25) is 0 Å². The van der Waals surface area contributed by atoms with Crippen molar-refractivity contribution in [3.63, 3.8) is 0 Å². The van der Waals surface area contributed by atoms with E-state index in [9.17, 15) is 4.57 Å². The van der Waals surface area contributed by atoms with Gasteiger partial charge in [0.05, 0.1) is 0 Å². The number of aromatic hydroxyl groups is 1. The van der Waals surface area contributed by atoms with Gasteiger partial charge in [0.1, 0.15) is 11.5 Å². The van der Waals surface area contributed by atoms with E-state index in [1.54, 1.807) is 36.4 Å². The topological polar surface area (TPSA) is 46.5 Å². The van der Waals surface area contributed by atoms with Gasteiger partial charge in [0.25, 0.3) is 8.03 Å². The van der Waals surface area contributed by atoms with Crippen LogP contribution in [0, 0.1) is 0 Å². The molecule has 1 N–H and O–H groups in total. The average Bonchev–Trinajstić information content (AvgIpc) is 2.58. The fourth-order valence-corrected chi connectivity index (χ4v) is 2.59. The predicted molar refractivity (Wildman–Crippen MR) is 90.3 cm³/mol. The first-order valence-corrected chi connectivity index (χ1v) is 8.13. The van der Waals surface area contributed by atoms with Gasteiger partial charge in [-0.05, 0) is 36.4 Å². The van der Waals surface area contributed by atoms with Crippen molar-refractivity contribution in [3.05, 3.63) is 91.0 Å². The summed E-state index contributed by atoms with van der Waals surface area (Å²) < 4.78 is 17.1. The van der Waals surface area contributed by atoms with Crippen molar-refractivity contribution < 1.29 is 14.2 Å². The van der Waals surface area contributed by atoms with E-state index in [-0.39, 0.29) is 0 Å². The van der Waals surface area contributed by atoms with Crippen LogP contribution in [-0.2, 0) is 4.57 Å². The van der Waals surface area contributed by atoms with Crippen molar-refractivity contribution >= 4 is 13.3 Å². The van der Waals surface area contributed by atoms with Gasteiger partial charge >= 0.3 is 0 Å². The van der Waals surface area contributed by atoms with Crippen molar-refractivity contribution in [2.45, 2.75) is 0 Å². The Bertz CT molecular complexity index is 685. The zero-order valence-electron chi connectivity index (χ0n) is 11.9. The molecule has 0 amide bonds. The third-order valence-electron chi connectivity index (χ3n) is 2.72. The molecule has 1 unspecified atom stereocenters. The number of hydrogen-bond acceptors (Lipinski definition) is 3. The Balaban J connectivity index is 0.000000211. The summed E-state index contributed by atoms with van der Waals surface area (Å²) in [5.41, 5.74) is 0. The van der Waals surface area contributed by atoms with Gasteiger partial charge in [-0.1, -0.05) is 54.6 Å². The summed E-state index contributed by atoms with van der Waals surface area (Å²) in [5, 5.41) is 9.37. The summed E-state index contributed by atoms with van der Waals surface area (Å²) in [5.74, 6) is 0.966. The lowest BCUT2D eigenvalue weighted by molar-refractivity contribution is 0.475. The van der Waals surface area contributed by atoms with E-state index < -0.39 is 8.03 Å². The quantitative estimate of drug-likeness (QED) is 0.735. The molecule has 0 bridgehead atoms. The maximum Gasteiger partial charge on any atom is 0.265 e. The highest BCUT2D eigenvalue weighted by molar-refractivity contribution is 7.48. The zero-order valence-corrected chi connectivity index (χ0v) is 12.9. The van der Waals surface area contributed by atoms with Crippen LogP contribution in [0.15, 0.2) is 91.0 Å². The van der Waals surface area contributed by atoms with E-state index in [2.05, 4.69) is 0 Å². The molecule has 3 nitrogen and oxygen atoms in total. The second-order valence-corrected chi connectivity index (χ2v) is 5.76. The molecule has 3 aromatic rings. The smallest absolute Gasteiger partial charge is 0.265 e. The Morgan fingerprint density at radius 2 is 1.14 bits per heavy atom. The normalized spacial score (nSPS) is 10.9. The molecule has 0 aliphatic carbocycles. The third-order valence-corrected chi connectivity index (χ3v) is 3.95. The van der Waals surface area contributed by atoms with Gasteiger partial charge < -0.3 is 9.63 Å². The first-order chi connectivity index (χ1) is 10.8. The van der Waals surface area contributed by atoms with Crippen molar-refractivity contribution in [1.29, 1.82) is 0 Å².